The van der Waals surface area contributed by atoms with Crippen molar-refractivity contribution in [2.75, 3.05) is 4.90 Å². The lowest BCUT2D eigenvalue weighted by molar-refractivity contribution is -0.123. The van der Waals surface area contributed by atoms with Crippen molar-refractivity contribution in [3.05, 3.63) is 65.7 Å². The number of amides is 2. The molecule has 0 spiro atoms. The van der Waals surface area contributed by atoms with E-state index in [9.17, 15) is 9.59 Å². The zero-order valence-electron chi connectivity index (χ0n) is 15.4. The number of anilines is 1. The van der Waals surface area contributed by atoms with E-state index in [1.807, 2.05) is 38.1 Å². The fourth-order valence-corrected chi connectivity index (χ4v) is 4.95. The van der Waals surface area contributed by atoms with E-state index in [2.05, 4.69) is 18.2 Å². The highest BCUT2D eigenvalue weighted by atomic mass is 16.5. The molecule has 27 heavy (non-hydrogen) atoms. The van der Waals surface area contributed by atoms with Gasteiger partial charge in [0, 0.05) is 0 Å². The van der Waals surface area contributed by atoms with Gasteiger partial charge in [-0.2, -0.15) is 0 Å². The summed E-state index contributed by atoms with van der Waals surface area (Å²) < 4.78 is 5.93. The lowest BCUT2D eigenvalue weighted by atomic mass is 9.85. The van der Waals surface area contributed by atoms with E-state index in [1.54, 1.807) is 12.1 Å². The summed E-state index contributed by atoms with van der Waals surface area (Å²) in [6, 6.07) is 13.3. The molecule has 0 aromatic heterocycles. The SMILES string of the molecule is Cc1cc(C)cc(Oc2ccc(N3C(=O)[C@@H]4[C@H](C3=O)[C@@H]3C=C[C@@H]4C3)cc2)c1. The normalized spacial score (nSPS) is 28.1. The smallest absolute Gasteiger partial charge is 0.238 e. The van der Waals surface area contributed by atoms with Gasteiger partial charge in [-0.3, -0.25) is 14.5 Å². The Kier molecular flexibility index (Phi) is 3.51. The van der Waals surface area contributed by atoms with Crippen molar-refractivity contribution in [1.29, 1.82) is 0 Å². The Labute approximate surface area is 158 Å². The maximum atomic E-state index is 12.9. The maximum Gasteiger partial charge on any atom is 0.238 e. The van der Waals surface area contributed by atoms with Gasteiger partial charge in [0.1, 0.15) is 11.5 Å². The van der Waals surface area contributed by atoms with E-state index in [0.717, 1.165) is 23.3 Å². The molecule has 2 aliphatic carbocycles. The number of imide groups is 1. The van der Waals surface area contributed by atoms with Crippen molar-refractivity contribution in [2.45, 2.75) is 20.3 Å². The number of rotatable bonds is 3. The molecule has 1 aliphatic heterocycles. The van der Waals surface area contributed by atoms with Crippen LogP contribution in [0.2, 0.25) is 0 Å². The van der Waals surface area contributed by atoms with Gasteiger partial charge in [-0.05, 0) is 79.6 Å². The molecule has 5 rings (SSSR count). The Morgan fingerprint density at radius 1 is 0.815 bits per heavy atom. The van der Waals surface area contributed by atoms with Crippen molar-refractivity contribution in [3.63, 3.8) is 0 Å². The molecule has 136 valence electrons. The molecule has 4 nitrogen and oxygen atoms in total. The van der Waals surface area contributed by atoms with Gasteiger partial charge in [-0.1, -0.05) is 18.2 Å². The lowest BCUT2D eigenvalue weighted by Gasteiger charge is -2.17. The second-order valence-corrected chi connectivity index (χ2v) is 7.93. The monoisotopic (exact) mass is 359 g/mol. The van der Waals surface area contributed by atoms with Gasteiger partial charge in [0.05, 0.1) is 17.5 Å². The van der Waals surface area contributed by atoms with E-state index < -0.39 is 0 Å². The minimum atomic E-state index is -0.168. The van der Waals surface area contributed by atoms with Crippen LogP contribution in [0.1, 0.15) is 17.5 Å². The van der Waals surface area contributed by atoms with Gasteiger partial charge >= 0.3 is 0 Å². The summed E-state index contributed by atoms with van der Waals surface area (Å²) in [4.78, 5) is 27.1. The van der Waals surface area contributed by atoms with Crippen LogP contribution in [0, 0.1) is 37.5 Å². The Morgan fingerprint density at radius 2 is 1.37 bits per heavy atom. The third-order valence-corrected chi connectivity index (χ3v) is 6.00. The Bertz CT molecular complexity index is 925. The summed E-state index contributed by atoms with van der Waals surface area (Å²) in [5.74, 6) is 1.49. The van der Waals surface area contributed by atoms with Crippen LogP contribution in [0.4, 0.5) is 5.69 Å². The standard InChI is InChI=1S/C23H21NO3/c1-13-9-14(2)11-19(10-13)27-18-7-5-17(6-8-18)24-22(25)20-15-3-4-16(12-15)21(20)23(24)26/h3-11,15-16,20-21H,12H2,1-2H3/t15-,16-,20-,21+/m1/s1. The number of hydrogen-bond donors (Lipinski definition) is 0. The number of aryl methyl sites for hydroxylation is 2. The molecule has 2 aromatic rings. The lowest BCUT2D eigenvalue weighted by Crippen LogP contribution is -2.32. The van der Waals surface area contributed by atoms with Crippen molar-refractivity contribution < 1.29 is 14.3 Å². The van der Waals surface area contributed by atoms with Crippen LogP contribution in [0.5, 0.6) is 11.5 Å². The van der Waals surface area contributed by atoms with Crippen LogP contribution in [0.3, 0.4) is 0 Å². The number of benzene rings is 2. The first kappa shape index (κ1) is 16.3. The minimum absolute atomic E-state index is 0.0511. The summed E-state index contributed by atoms with van der Waals surface area (Å²) in [6.45, 7) is 4.07. The van der Waals surface area contributed by atoms with Gasteiger partial charge in [-0.25, -0.2) is 0 Å². The minimum Gasteiger partial charge on any atom is -0.457 e. The van der Waals surface area contributed by atoms with Crippen LogP contribution < -0.4 is 9.64 Å². The van der Waals surface area contributed by atoms with E-state index in [-0.39, 0.29) is 35.5 Å². The number of allylic oxidation sites excluding steroid dienone is 2. The summed E-state index contributed by atoms with van der Waals surface area (Å²) in [5.41, 5.74) is 2.92. The molecule has 0 N–H and O–H groups in total. The number of carbonyl (C=O) groups excluding carboxylic acids is 2. The molecular weight excluding hydrogens is 338 g/mol. The molecule has 4 heteroatoms. The van der Waals surface area contributed by atoms with E-state index in [4.69, 9.17) is 4.74 Å². The van der Waals surface area contributed by atoms with Crippen molar-refractivity contribution in [3.8, 4) is 11.5 Å². The zero-order chi connectivity index (χ0) is 18.7. The number of nitrogens with zero attached hydrogens (tertiary/aromatic N) is 1. The molecule has 3 aliphatic rings. The van der Waals surface area contributed by atoms with E-state index >= 15 is 0 Å². The number of ether oxygens (including phenoxy) is 1. The first-order valence-corrected chi connectivity index (χ1v) is 9.43. The first-order valence-electron chi connectivity index (χ1n) is 9.43. The van der Waals surface area contributed by atoms with Crippen LogP contribution in [0.15, 0.2) is 54.6 Å². The Morgan fingerprint density at radius 3 is 1.93 bits per heavy atom. The van der Waals surface area contributed by atoms with Crippen LogP contribution in [0.25, 0.3) is 0 Å². The van der Waals surface area contributed by atoms with Gasteiger partial charge in [-0.15, -0.1) is 0 Å². The molecule has 0 unspecified atom stereocenters. The fourth-order valence-electron chi connectivity index (χ4n) is 4.95. The van der Waals surface area contributed by atoms with Crippen molar-refractivity contribution >= 4 is 17.5 Å². The summed E-state index contributed by atoms with van der Waals surface area (Å²) in [7, 11) is 0. The molecule has 2 fully saturated rings. The second kappa shape index (κ2) is 5.81. The highest BCUT2D eigenvalue weighted by molar-refractivity contribution is 6.22. The van der Waals surface area contributed by atoms with Crippen LogP contribution in [-0.2, 0) is 9.59 Å². The van der Waals surface area contributed by atoms with Gasteiger partial charge < -0.3 is 4.74 Å². The molecule has 2 amide bonds. The molecule has 2 aromatic carbocycles. The Hall–Kier alpha value is -2.88. The van der Waals surface area contributed by atoms with Gasteiger partial charge in [0.2, 0.25) is 11.8 Å². The van der Waals surface area contributed by atoms with E-state index in [1.165, 1.54) is 4.90 Å². The maximum absolute atomic E-state index is 12.9. The van der Waals surface area contributed by atoms with Gasteiger partial charge in [0.15, 0.2) is 0 Å². The number of hydrogen-bond acceptors (Lipinski definition) is 3. The second-order valence-electron chi connectivity index (χ2n) is 7.93. The topological polar surface area (TPSA) is 46.6 Å². The molecule has 1 heterocycles. The highest BCUT2D eigenvalue weighted by Gasteiger charge is 2.59. The van der Waals surface area contributed by atoms with Crippen LogP contribution in [-0.4, -0.2) is 11.8 Å². The zero-order valence-corrected chi connectivity index (χ0v) is 15.4. The molecule has 4 atom stereocenters. The number of carbonyl (C=O) groups is 2. The molecule has 1 saturated carbocycles. The van der Waals surface area contributed by atoms with E-state index in [0.29, 0.717) is 11.4 Å². The molecule has 2 bridgehead atoms. The van der Waals surface area contributed by atoms with Crippen molar-refractivity contribution in [2.24, 2.45) is 23.7 Å². The summed E-state index contributed by atoms with van der Waals surface area (Å²) in [5, 5.41) is 0. The Balaban J connectivity index is 1.38. The fraction of sp³-hybridized carbons (Fsp3) is 0.304. The predicted octanol–water partition coefficient (Wildman–Crippen LogP) is 4.41. The largest absolute Gasteiger partial charge is 0.457 e. The predicted molar refractivity (Wildman–Crippen MR) is 103 cm³/mol. The summed E-state index contributed by atoms with van der Waals surface area (Å²) in [6.07, 6.45) is 5.17. The molecule has 0 radical (unpaired) electrons. The van der Waals surface area contributed by atoms with Crippen LogP contribution >= 0.6 is 0 Å². The van der Waals surface area contributed by atoms with Gasteiger partial charge in [0.25, 0.3) is 0 Å². The average molecular weight is 359 g/mol. The molecule has 1 saturated heterocycles. The first-order chi connectivity index (χ1) is 13.0. The average Bonchev–Trinajstić information content (AvgIpc) is 3.29. The quantitative estimate of drug-likeness (QED) is 0.602. The molecular formula is C23H21NO3. The van der Waals surface area contributed by atoms with Crippen molar-refractivity contribution in [1.82, 2.24) is 0 Å². The highest BCUT2D eigenvalue weighted by Crippen LogP contribution is 2.53. The third-order valence-electron chi connectivity index (χ3n) is 6.00. The number of fused-ring (bicyclic) bond motifs is 5. The summed E-state index contributed by atoms with van der Waals surface area (Å²) >= 11 is 0. The third kappa shape index (κ3) is 2.51.